The molecule has 1 rings (SSSR count). The molecule has 2 amide bonds. The number of carbonyl (C=O) groups excluding carboxylic acids is 1. The standard InChI is InChI=1S/C12H21N3O2S/c1-7(6-16)8(2)15-12(17)13-5-11-14-9(3)10(4)18-11/h7-8,16H,5-6H2,1-4H3,(H2,13,15,17). The van der Waals surface area contributed by atoms with Gasteiger partial charge in [0.05, 0.1) is 12.2 Å². The third-order valence-corrected chi connectivity index (χ3v) is 4.05. The number of thiazole rings is 1. The molecule has 0 aromatic carbocycles. The predicted octanol–water partition coefficient (Wildman–Crippen LogP) is 1.58. The molecule has 0 aliphatic carbocycles. The van der Waals surface area contributed by atoms with Crippen molar-refractivity contribution in [3.05, 3.63) is 15.6 Å². The minimum atomic E-state index is -0.228. The molecule has 0 fully saturated rings. The summed E-state index contributed by atoms with van der Waals surface area (Å²) < 4.78 is 0. The number of rotatable bonds is 5. The van der Waals surface area contributed by atoms with Crippen LogP contribution in [0.1, 0.15) is 29.4 Å². The number of urea groups is 1. The molecule has 0 spiro atoms. The molecule has 2 atom stereocenters. The fourth-order valence-electron chi connectivity index (χ4n) is 1.33. The maximum atomic E-state index is 11.6. The number of aromatic nitrogens is 1. The fourth-order valence-corrected chi connectivity index (χ4v) is 2.20. The minimum absolute atomic E-state index is 0.0418. The van der Waals surface area contributed by atoms with Crippen LogP contribution in [0.2, 0.25) is 0 Å². The highest BCUT2D eigenvalue weighted by molar-refractivity contribution is 7.11. The first-order chi connectivity index (χ1) is 8.43. The molecule has 6 heteroatoms. The van der Waals surface area contributed by atoms with Gasteiger partial charge in [-0.1, -0.05) is 6.92 Å². The topological polar surface area (TPSA) is 74.2 Å². The number of amides is 2. The molecule has 18 heavy (non-hydrogen) atoms. The van der Waals surface area contributed by atoms with Gasteiger partial charge in [-0.25, -0.2) is 9.78 Å². The second kappa shape index (κ2) is 6.70. The van der Waals surface area contributed by atoms with Crippen molar-refractivity contribution < 1.29 is 9.90 Å². The average Bonchev–Trinajstić information content (AvgIpc) is 2.65. The fraction of sp³-hybridized carbons (Fsp3) is 0.667. The lowest BCUT2D eigenvalue weighted by molar-refractivity contribution is 0.200. The van der Waals surface area contributed by atoms with Crippen LogP contribution in [0, 0.1) is 19.8 Å². The summed E-state index contributed by atoms with van der Waals surface area (Å²) in [6.45, 7) is 8.23. The van der Waals surface area contributed by atoms with Crippen LogP contribution < -0.4 is 10.6 Å². The second-order valence-corrected chi connectivity index (χ2v) is 5.81. The van der Waals surface area contributed by atoms with Crippen molar-refractivity contribution in [2.75, 3.05) is 6.61 Å². The van der Waals surface area contributed by atoms with Gasteiger partial charge in [-0.2, -0.15) is 0 Å². The number of nitrogens with one attached hydrogen (secondary N) is 2. The third-order valence-electron chi connectivity index (χ3n) is 2.97. The maximum Gasteiger partial charge on any atom is 0.315 e. The Hall–Kier alpha value is -1.14. The first-order valence-corrected chi connectivity index (χ1v) is 6.83. The number of aryl methyl sites for hydroxylation is 2. The van der Waals surface area contributed by atoms with Crippen LogP contribution in [-0.4, -0.2) is 28.8 Å². The van der Waals surface area contributed by atoms with Gasteiger partial charge < -0.3 is 15.7 Å². The molecule has 1 heterocycles. The van der Waals surface area contributed by atoms with Gasteiger partial charge in [0.15, 0.2) is 0 Å². The van der Waals surface area contributed by atoms with Crippen molar-refractivity contribution in [2.45, 2.75) is 40.3 Å². The van der Waals surface area contributed by atoms with E-state index in [2.05, 4.69) is 15.6 Å². The highest BCUT2D eigenvalue weighted by Crippen LogP contribution is 2.15. The first kappa shape index (κ1) is 14.9. The van der Waals surface area contributed by atoms with Crippen LogP contribution >= 0.6 is 11.3 Å². The van der Waals surface area contributed by atoms with Crippen LogP contribution in [0.3, 0.4) is 0 Å². The highest BCUT2D eigenvalue weighted by atomic mass is 32.1. The van der Waals surface area contributed by atoms with Gasteiger partial charge in [-0.15, -0.1) is 11.3 Å². The maximum absolute atomic E-state index is 11.6. The third kappa shape index (κ3) is 4.27. The molecule has 0 saturated carbocycles. The van der Waals surface area contributed by atoms with E-state index in [1.807, 2.05) is 27.7 Å². The van der Waals surface area contributed by atoms with E-state index < -0.39 is 0 Å². The molecule has 0 aliphatic heterocycles. The molecular weight excluding hydrogens is 250 g/mol. The lowest BCUT2D eigenvalue weighted by Crippen LogP contribution is -2.43. The van der Waals surface area contributed by atoms with Gasteiger partial charge in [-0.3, -0.25) is 0 Å². The Kier molecular flexibility index (Phi) is 5.55. The van der Waals surface area contributed by atoms with Gasteiger partial charge >= 0.3 is 6.03 Å². The van der Waals surface area contributed by atoms with E-state index in [9.17, 15) is 4.79 Å². The van der Waals surface area contributed by atoms with E-state index in [-0.39, 0.29) is 24.6 Å². The van der Waals surface area contributed by atoms with E-state index >= 15 is 0 Å². The number of nitrogens with zero attached hydrogens (tertiary/aromatic N) is 1. The SMILES string of the molecule is Cc1nc(CNC(=O)NC(C)C(C)CO)sc1C. The number of aliphatic hydroxyl groups is 1. The van der Waals surface area contributed by atoms with Crippen LogP contribution in [0.5, 0.6) is 0 Å². The molecule has 1 aromatic rings. The number of hydrogen-bond donors (Lipinski definition) is 3. The molecule has 0 aliphatic rings. The van der Waals surface area contributed by atoms with Crippen LogP contribution in [0.15, 0.2) is 0 Å². The summed E-state index contributed by atoms with van der Waals surface area (Å²) in [6.07, 6.45) is 0. The first-order valence-electron chi connectivity index (χ1n) is 6.02. The molecule has 3 N–H and O–H groups in total. The molecular formula is C12H21N3O2S. The highest BCUT2D eigenvalue weighted by Gasteiger charge is 2.13. The van der Waals surface area contributed by atoms with Gasteiger partial charge in [0, 0.05) is 17.5 Å². The number of aliphatic hydroxyl groups excluding tert-OH is 1. The Balaban J connectivity index is 2.37. The Labute approximate surface area is 112 Å². The summed E-state index contributed by atoms with van der Waals surface area (Å²) >= 11 is 1.59. The average molecular weight is 271 g/mol. The summed E-state index contributed by atoms with van der Waals surface area (Å²) in [5.74, 6) is 0.0418. The summed E-state index contributed by atoms with van der Waals surface area (Å²) in [5.41, 5.74) is 1.01. The lowest BCUT2D eigenvalue weighted by atomic mass is 10.1. The molecule has 0 radical (unpaired) electrons. The number of hydrogen-bond acceptors (Lipinski definition) is 4. The van der Waals surface area contributed by atoms with Crippen molar-refractivity contribution in [1.29, 1.82) is 0 Å². The zero-order chi connectivity index (χ0) is 13.7. The van der Waals surface area contributed by atoms with Crippen molar-refractivity contribution in [1.82, 2.24) is 15.6 Å². The van der Waals surface area contributed by atoms with Crippen LogP contribution in [0.25, 0.3) is 0 Å². The zero-order valence-corrected chi connectivity index (χ0v) is 12.1. The van der Waals surface area contributed by atoms with Crippen molar-refractivity contribution in [3.63, 3.8) is 0 Å². The molecule has 5 nitrogen and oxygen atoms in total. The molecule has 0 saturated heterocycles. The Morgan fingerprint density at radius 3 is 2.61 bits per heavy atom. The van der Waals surface area contributed by atoms with Crippen LogP contribution in [-0.2, 0) is 6.54 Å². The Morgan fingerprint density at radius 1 is 1.44 bits per heavy atom. The Morgan fingerprint density at radius 2 is 2.11 bits per heavy atom. The molecule has 0 bridgehead atoms. The number of carbonyl (C=O) groups is 1. The minimum Gasteiger partial charge on any atom is -0.396 e. The molecule has 1 aromatic heterocycles. The van der Waals surface area contributed by atoms with Crippen LogP contribution in [0.4, 0.5) is 4.79 Å². The lowest BCUT2D eigenvalue weighted by Gasteiger charge is -2.19. The van der Waals surface area contributed by atoms with Crippen molar-refractivity contribution in [3.8, 4) is 0 Å². The smallest absolute Gasteiger partial charge is 0.315 e. The van der Waals surface area contributed by atoms with E-state index in [0.717, 1.165) is 10.7 Å². The monoisotopic (exact) mass is 271 g/mol. The Bertz CT molecular complexity index is 387. The van der Waals surface area contributed by atoms with Gasteiger partial charge in [0.2, 0.25) is 0 Å². The van der Waals surface area contributed by atoms with Gasteiger partial charge in [0.25, 0.3) is 0 Å². The largest absolute Gasteiger partial charge is 0.396 e. The van der Waals surface area contributed by atoms with E-state index in [4.69, 9.17) is 5.11 Å². The normalized spacial score (nSPS) is 14.1. The van der Waals surface area contributed by atoms with E-state index in [1.165, 1.54) is 4.88 Å². The summed E-state index contributed by atoms with van der Waals surface area (Å²) in [4.78, 5) is 17.1. The molecule has 102 valence electrons. The summed E-state index contributed by atoms with van der Waals surface area (Å²) in [6, 6.07) is -0.289. The predicted molar refractivity (Wildman–Crippen MR) is 72.7 cm³/mol. The van der Waals surface area contributed by atoms with E-state index in [1.54, 1.807) is 11.3 Å². The van der Waals surface area contributed by atoms with Crippen molar-refractivity contribution >= 4 is 17.4 Å². The molecule has 2 unspecified atom stereocenters. The quantitative estimate of drug-likeness (QED) is 0.761. The van der Waals surface area contributed by atoms with E-state index in [0.29, 0.717) is 6.54 Å². The van der Waals surface area contributed by atoms with Crippen molar-refractivity contribution in [2.24, 2.45) is 5.92 Å². The second-order valence-electron chi connectivity index (χ2n) is 4.52. The summed E-state index contributed by atoms with van der Waals surface area (Å²) in [5, 5.41) is 15.4. The summed E-state index contributed by atoms with van der Waals surface area (Å²) in [7, 11) is 0. The zero-order valence-electron chi connectivity index (χ0n) is 11.3. The van der Waals surface area contributed by atoms with Gasteiger partial charge in [-0.05, 0) is 26.7 Å². The van der Waals surface area contributed by atoms with Gasteiger partial charge in [0.1, 0.15) is 5.01 Å².